The molecule has 170 valence electrons. The Bertz CT molecular complexity index is 1030. The van der Waals surface area contributed by atoms with E-state index in [0.717, 1.165) is 11.3 Å². The van der Waals surface area contributed by atoms with E-state index in [0.29, 0.717) is 18.7 Å². The molecule has 0 radical (unpaired) electrons. The summed E-state index contributed by atoms with van der Waals surface area (Å²) in [6.07, 6.45) is -2.12. The van der Waals surface area contributed by atoms with Crippen LogP contribution in [-0.2, 0) is 9.53 Å². The molecular weight excluding hydrogens is 451 g/mol. The summed E-state index contributed by atoms with van der Waals surface area (Å²) in [6, 6.07) is 5.42. The van der Waals surface area contributed by atoms with Crippen molar-refractivity contribution >= 4 is 34.9 Å². The fourth-order valence-corrected chi connectivity index (χ4v) is 3.70. The lowest BCUT2D eigenvalue weighted by atomic mass is 10.1. The van der Waals surface area contributed by atoms with Crippen LogP contribution in [0.5, 0.6) is 0 Å². The first-order chi connectivity index (χ1) is 15.2. The van der Waals surface area contributed by atoms with Crippen LogP contribution in [0, 0.1) is 0 Å². The number of thiophene rings is 1. The zero-order valence-corrected chi connectivity index (χ0v) is 17.3. The topological polar surface area (TPSA) is 127 Å². The smallest absolute Gasteiger partial charge is 0.382 e. The van der Waals surface area contributed by atoms with E-state index in [2.05, 4.69) is 15.3 Å². The second kappa shape index (κ2) is 9.87. The molecule has 9 nitrogen and oxygen atoms in total. The Morgan fingerprint density at radius 1 is 1.22 bits per heavy atom. The molecular formula is C19H18F3N5O4S. The molecule has 2 aromatic rings. The van der Waals surface area contributed by atoms with Gasteiger partial charge in [0.15, 0.2) is 0 Å². The Morgan fingerprint density at radius 2 is 1.91 bits per heavy atom. The lowest BCUT2D eigenvalue weighted by molar-refractivity contribution is -0.169. The highest BCUT2D eigenvalue weighted by Crippen LogP contribution is 2.20. The van der Waals surface area contributed by atoms with Gasteiger partial charge in [0.25, 0.3) is 11.8 Å². The lowest BCUT2D eigenvalue weighted by Gasteiger charge is -2.35. The van der Waals surface area contributed by atoms with E-state index >= 15 is 0 Å². The average Bonchev–Trinajstić information content (AvgIpc) is 3.28. The van der Waals surface area contributed by atoms with Gasteiger partial charge in [0, 0.05) is 31.0 Å². The van der Waals surface area contributed by atoms with E-state index in [-0.39, 0.29) is 28.8 Å². The summed E-state index contributed by atoms with van der Waals surface area (Å²) in [5.74, 6) is -3.69. The van der Waals surface area contributed by atoms with Crippen molar-refractivity contribution in [1.29, 1.82) is 0 Å². The van der Waals surface area contributed by atoms with Gasteiger partial charge in [0.1, 0.15) is 5.84 Å². The van der Waals surface area contributed by atoms with Gasteiger partial charge in [-0.1, -0.05) is 0 Å². The quantitative estimate of drug-likeness (QED) is 0.501. The van der Waals surface area contributed by atoms with Crippen LogP contribution in [0.2, 0.25) is 0 Å². The highest BCUT2D eigenvalue weighted by molar-refractivity contribution is 7.16. The molecule has 3 N–H and O–H groups in total. The number of hydrogen-bond donors (Lipinski definition) is 2. The lowest BCUT2D eigenvalue weighted by Crippen LogP contribution is -2.53. The molecule has 2 aromatic heterocycles. The molecule has 1 fully saturated rings. The number of pyridine rings is 1. The Hall–Kier alpha value is -3.32. The average molecular weight is 469 g/mol. The second-order valence-electron chi connectivity index (χ2n) is 6.64. The molecule has 32 heavy (non-hydrogen) atoms. The molecule has 0 aromatic carbocycles. The number of aromatic nitrogens is 1. The molecule has 3 heterocycles. The maximum absolute atomic E-state index is 12.8. The number of alkyl halides is 3. The standard InChI is InChI=1S/C19H18F3N5O4S/c20-19(21,22)18(30)26-15(23)13-1-2-14(32-13)16(28)25-9-12-10-31-8-7-27(12)17(29)11-3-5-24-6-4-11/h1-6,12H,7-10H2,(H,25,28)(H2,23,26,30). The number of nitrogens with one attached hydrogen (secondary N) is 1. The third-order valence-electron chi connectivity index (χ3n) is 4.46. The van der Waals surface area contributed by atoms with Crippen molar-refractivity contribution in [2.45, 2.75) is 12.2 Å². The monoisotopic (exact) mass is 469 g/mol. The molecule has 1 atom stereocenters. The SMILES string of the molecule is NC(=NC(=O)C(F)(F)F)c1ccc(C(=O)NCC2COCCN2C(=O)c2ccncc2)s1. The molecule has 3 amide bonds. The predicted molar refractivity (Wildman–Crippen MR) is 108 cm³/mol. The molecule has 13 heteroatoms. The second-order valence-corrected chi connectivity index (χ2v) is 7.72. The van der Waals surface area contributed by atoms with Gasteiger partial charge in [-0.3, -0.25) is 19.4 Å². The van der Waals surface area contributed by atoms with Gasteiger partial charge in [-0.2, -0.15) is 18.2 Å². The fraction of sp³-hybridized carbons (Fsp3) is 0.316. The van der Waals surface area contributed by atoms with Crippen LogP contribution in [0.3, 0.4) is 0 Å². The fourth-order valence-electron chi connectivity index (χ4n) is 2.87. The minimum atomic E-state index is -5.14. The predicted octanol–water partition coefficient (Wildman–Crippen LogP) is 1.21. The van der Waals surface area contributed by atoms with Crippen LogP contribution in [0.15, 0.2) is 41.7 Å². The zero-order chi connectivity index (χ0) is 23.3. The third kappa shape index (κ3) is 5.68. The summed E-state index contributed by atoms with van der Waals surface area (Å²) >= 11 is 0.786. The molecule has 0 aliphatic carbocycles. The van der Waals surface area contributed by atoms with Gasteiger partial charge < -0.3 is 20.7 Å². The maximum Gasteiger partial charge on any atom is 0.473 e. The third-order valence-corrected chi connectivity index (χ3v) is 5.57. The number of morpholine rings is 1. The van der Waals surface area contributed by atoms with Crippen molar-refractivity contribution in [2.24, 2.45) is 10.7 Å². The number of amides is 3. The summed E-state index contributed by atoms with van der Waals surface area (Å²) in [6.45, 7) is 1.04. The van der Waals surface area contributed by atoms with Crippen molar-refractivity contribution in [1.82, 2.24) is 15.2 Å². The van der Waals surface area contributed by atoms with E-state index in [1.165, 1.54) is 24.5 Å². The van der Waals surface area contributed by atoms with Crippen LogP contribution >= 0.6 is 11.3 Å². The maximum atomic E-state index is 12.8. The largest absolute Gasteiger partial charge is 0.473 e. The number of halogens is 3. The first kappa shape index (κ1) is 23.3. The normalized spacial score (nSPS) is 17.2. The van der Waals surface area contributed by atoms with Crippen LogP contribution < -0.4 is 11.1 Å². The van der Waals surface area contributed by atoms with Crippen molar-refractivity contribution < 1.29 is 32.3 Å². The van der Waals surface area contributed by atoms with E-state index in [1.807, 2.05) is 0 Å². The number of aliphatic imine (C=N–C) groups is 1. The summed E-state index contributed by atoms with van der Waals surface area (Å²) in [4.78, 5) is 44.7. The van der Waals surface area contributed by atoms with Crippen LogP contribution in [0.4, 0.5) is 13.2 Å². The summed E-state index contributed by atoms with van der Waals surface area (Å²) in [5.41, 5.74) is 5.91. The van der Waals surface area contributed by atoms with Crippen LogP contribution in [-0.4, -0.2) is 72.0 Å². The molecule has 0 saturated carbocycles. The van der Waals surface area contributed by atoms with Gasteiger partial charge in [0.05, 0.1) is 29.0 Å². The molecule has 0 bridgehead atoms. The van der Waals surface area contributed by atoms with E-state index in [4.69, 9.17) is 10.5 Å². The molecule has 1 aliphatic rings. The van der Waals surface area contributed by atoms with Crippen molar-refractivity contribution in [3.05, 3.63) is 52.0 Å². The van der Waals surface area contributed by atoms with Gasteiger partial charge in [-0.05, 0) is 24.3 Å². The van der Waals surface area contributed by atoms with Crippen LogP contribution in [0.1, 0.15) is 24.9 Å². The molecule has 1 saturated heterocycles. The molecule has 3 rings (SSSR count). The number of carbonyl (C=O) groups is 3. The summed E-state index contributed by atoms with van der Waals surface area (Å²) in [5, 5.41) is 2.68. The number of nitrogens with zero attached hydrogens (tertiary/aromatic N) is 3. The zero-order valence-electron chi connectivity index (χ0n) is 16.5. The number of amidine groups is 1. The Balaban J connectivity index is 1.63. The van der Waals surface area contributed by atoms with E-state index in [9.17, 15) is 27.6 Å². The van der Waals surface area contributed by atoms with Crippen molar-refractivity contribution in [3.8, 4) is 0 Å². The summed E-state index contributed by atoms with van der Waals surface area (Å²) in [7, 11) is 0. The summed E-state index contributed by atoms with van der Waals surface area (Å²) < 4.78 is 42.4. The number of nitrogens with two attached hydrogens (primary N) is 1. The Labute approximate surface area is 184 Å². The number of hydrogen-bond acceptors (Lipinski definition) is 6. The van der Waals surface area contributed by atoms with Gasteiger partial charge >= 0.3 is 12.1 Å². The number of carbonyl (C=O) groups excluding carboxylic acids is 3. The number of ether oxygens (including phenoxy) is 1. The first-order valence-corrected chi connectivity index (χ1v) is 10.1. The van der Waals surface area contributed by atoms with Gasteiger partial charge in [-0.25, -0.2) is 0 Å². The minimum Gasteiger partial charge on any atom is -0.382 e. The highest BCUT2D eigenvalue weighted by Gasteiger charge is 2.39. The van der Waals surface area contributed by atoms with Crippen LogP contribution in [0.25, 0.3) is 0 Å². The first-order valence-electron chi connectivity index (χ1n) is 9.29. The van der Waals surface area contributed by atoms with E-state index < -0.39 is 29.9 Å². The molecule has 0 spiro atoms. The minimum absolute atomic E-state index is 0.0447. The van der Waals surface area contributed by atoms with E-state index in [1.54, 1.807) is 17.0 Å². The van der Waals surface area contributed by atoms with Crippen molar-refractivity contribution in [3.63, 3.8) is 0 Å². The highest BCUT2D eigenvalue weighted by atomic mass is 32.1. The Morgan fingerprint density at radius 3 is 2.59 bits per heavy atom. The molecule has 1 unspecified atom stereocenters. The number of rotatable bonds is 5. The van der Waals surface area contributed by atoms with Gasteiger partial charge in [0.2, 0.25) is 0 Å². The Kier molecular flexibility index (Phi) is 7.20. The van der Waals surface area contributed by atoms with Crippen molar-refractivity contribution in [2.75, 3.05) is 26.3 Å². The molecule has 1 aliphatic heterocycles. The van der Waals surface area contributed by atoms with Gasteiger partial charge in [-0.15, -0.1) is 11.3 Å².